The maximum absolute atomic E-state index is 12.5. The lowest BCUT2D eigenvalue weighted by molar-refractivity contribution is -0.119. The zero-order valence-corrected chi connectivity index (χ0v) is 12.2. The highest BCUT2D eigenvalue weighted by Gasteiger charge is 2.28. The lowest BCUT2D eigenvalue weighted by Crippen LogP contribution is -2.45. The Morgan fingerprint density at radius 3 is 3.00 bits per heavy atom. The first-order valence-corrected chi connectivity index (χ1v) is 7.70. The summed E-state index contributed by atoms with van der Waals surface area (Å²) in [5.74, 6) is 0.969. The quantitative estimate of drug-likeness (QED) is 0.864. The third-order valence-electron chi connectivity index (χ3n) is 3.48. The standard InChI is InChI=1S/C16H17NO2S/c1-12-11-19-15-7-3-2-6-14(15)17(12)16(18)9-8-13-5-4-10-20-13/h2-7,10,12H,8-9,11H2,1H3. The van der Waals surface area contributed by atoms with Crippen LogP contribution in [0.4, 0.5) is 5.69 Å². The second-order valence-corrected chi connectivity index (χ2v) is 6.00. The first-order chi connectivity index (χ1) is 9.75. The molecule has 4 heteroatoms. The van der Waals surface area contributed by atoms with Gasteiger partial charge in [0, 0.05) is 11.3 Å². The van der Waals surface area contributed by atoms with E-state index in [0.717, 1.165) is 17.9 Å². The van der Waals surface area contributed by atoms with Crippen LogP contribution in [0.15, 0.2) is 41.8 Å². The number of rotatable bonds is 3. The molecule has 3 rings (SSSR count). The predicted molar refractivity (Wildman–Crippen MR) is 81.5 cm³/mol. The molecule has 0 bridgehead atoms. The number of ether oxygens (including phenoxy) is 1. The van der Waals surface area contributed by atoms with Crippen molar-refractivity contribution in [1.29, 1.82) is 0 Å². The molecule has 1 aliphatic rings. The van der Waals surface area contributed by atoms with Gasteiger partial charge in [-0.25, -0.2) is 0 Å². The molecule has 0 N–H and O–H groups in total. The summed E-state index contributed by atoms with van der Waals surface area (Å²) in [5.41, 5.74) is 0.891. The molecule has 0 saturated heterocycles. The number of para-hydroxylation sites is 2. The van der Waals surface area contributed by atoms with E-state index in [1.807, 2.05) is 47.5 Å². The van der Waals surface area contributed by atoms with Gasteiger partial charge in [-0.05, 0) is 36.9 Å². The summed E-state index contributed by atoms with van der Waals surface area (Å²) in [6.07, 6.45) is 1.35. The van der Waals surface area contributed by atoms with Crippen molar-refractivity contribution >= 4 is 22.9 Å². The van der Waals surface area contributed by atoms with Gasteiger partial charge >= 0.3 is 0 Å². The Morgan fingerprint density at radius 1 is 1.35 bits per heavy atom. The molecule has 1 aromatic carbocycles. The van der Waals surface area contributed by atoms with Crippen molar-refractivity contribution in [2.75, 3.05) is 11.5 Å². The van der Waals surface area contributed by atoms with Crippen molar-refractivity contribution in [2.45, 2.75) is 25.8 Å². The molecule has 2 heterocycles. The smallest absolute Gasteiger partial charge is 0.227 e. The highest BCUT2D eigenvalue weighted by molar-refractivity contribution is 7.09. The Kier molecular flexibility index (Phi) is 3.74. The van der Waals surface area contributed by atoms with Gasteiger partial charge in [-0.2, -0.15) is 0 Å². The third kappa shape index (κ3) is 2.56. The Balaban J connectivity index is 1.76. The van der Waals surface area contributed by atoms with Crippen molar-refractivity contribution in [3.8, 4) is 5.75 Å². The number of benzene rings is 1. The normalized spacial score (nSPS) is 17.4. The molecule has 0 spiro atoms. The number of hydrogen-bond donors (Lipinski definition) is 0. The van der Waals surface area contributed by atoms with Crippen LogP contribution in [-0.2, 0) is 11.2 Å². The van der Waals surface area contributed by atoms with Crippen LogP contribution in [0.25, 0.3) is 0 Å². The SMILES string of the molecule is CC1COc2ccccc2N1C(=O)CCc1cccs1. The number of anilines is 1. The van der Waals surface area contributed by atoms with Gasteiger partial charge in [-0.15, -0.1) is 11.3 Å². The summed E-state index contributed by atoms with van der Waals surface area (Å²) in [4.78, 5) is 15.7. The molecular formula is C16H17NO2S. The zero-order chi connectivity index (χ0) is 13.9. The van der Waals surface area contributed by atoms with E-state index in [9.17, 15) is 4.79 Å². The molecule has 1 aromatic heterocycles. The molecule has 0 radical (unpaired) electrons. The number of nitrogens with zero attached hydrogens (tertiary/aromatic N) is 1. The minimum Gasteiger partial charge on any atom is -0.489 e. The van der Waals surface area contributed by atoms with Crippen molar-refractivity contribution < 1.29 is 9.53 Å². The van der Waals surface area contributed by atoms with E-state index in [-0.39, 0.29) is 11.9 Å². The molecule has 1 unspecified atom stereocenters. The second-order valence-electron chi connectivity index (χ2n) is 4.97. The average Bonchev–Trinajstić information content (AvgIpc) is 2.98. The first kappa shape index (κ1) is 13.2. The summed E-state index contributed by atoms with van der Waals surface area (Å²) in [7, 11) is 0. The van der Waals surface area contributed by atoms with Crippen molar-refractivity contribution in [2.24, 2.45) is 0 Å². The molecule has 1 aliphatic heterocycles. The summed E-state index contributed by atoms with van der Waals surface area (Å²) in [5, 5.41) is 2.05. The third-order valence-corrected chi connectivity index (χ3v) is 4.42. The number of carbonyl (C=O) groups excluding carboxylic acids is 1. The molecule has 0 fully saturated rings. The van der Waals surface area contributed by atoms with Crippen LogP contribution in [0, 0.1) is 0 Å². The van der Waals surface area contributed by atoms with Crippen molar-refractivity contribution in [3.63, 3.8) is 0 Å². The van der Waals surface area contributed by atoms with Crippen LogP contribution in [0.1, 0.15) is 18.2 Å². The molecule has 20 heavy (non-hydrogen) atoms. The van der Waals surface area contributed by atoms with Crippen molar-refractivity contribution in [3.05, 3.63) is 46.7 Å². The van der Waals surface area contributed by atoms with Gasteiger partial charge in [0.05, 0.1) is 11.7 Å². The molecule has 1 amide bonds. The maximum Gasteiger partial charge on any atom is 0.227 e. The van der Waals surface area contributed by atoms with Gasteiger partial charge in [-0.1, -0.05) is 18.2 Å². The van der Waals surface area contributed by atoms with E-state index in [4.69, 9.17) is 4.74 Å². The summed E-state index contributed by atoms with van der Waals surface area (Å²) < 4.78 is 5.67. The zero-order valence-electron chi connectivity index (χ0n) is 11.4. The Morgan fingerprint density at radius 2 is 2.20 bits per heavy atom. The molecule has 0 saturated carbocycles. The van der Waals surface area contributed by atoms with Gasteiger partial charge in [-0.3, -0.25) is 4.79 Å². The number of amides is 1. The van der Waals surface area contributed by atoms with E-state index in [0.29, 0.717) is 13.0 Å². The van der Waals surface area contributed by atoms with Gasteiger partial charge in [0.15, 0.2) is 0 Å². The van der Waals surface area contributed by atoms with Crippen LogP contribution in [0.5, 0.6) is 5.75 Å². The molecule has 2 aromatic rings. The van der Waals surface area contributed by atoms with E-state index in [1.54, 1.807) is 11.3 Å². The molecule has 1 atom stereocenters. The monoisotopic (exact) mass is 287 g/mol. The van der Waals surface area contributed by atoms with E-state index < -0.39 is 0 Å². The molecule has 0 aliphatic carbocycles. The van der Waals surface area contributed by atoms with Crippen LogP contribution in [-0.4, -0.2) is 18.6 Å². The van der Waals surface area contributed by atoms with E-state index in [1.165, 1.54) is 4.88 Å². The van der Waals surface area contributed by atoms with Crippen LogP contribution < -0.4 is 9.64 Å². The Bertz CT molecular complexity index is 594. The number of fused-ring (bicyclic) bond motifs is 1. The fourth-order valence-electron chi connectivity index (χ4n) is 2.49. The van der Waals surface area contributed by atoms with E-state index >= 15 is 0 Å². The number of aryl methyl sites for hydroxylation is 1. The Hall–Kier alpha value is -1.81. The van der Waals surface area contributed by atoms with Gasteiger partial charge in [0.2, 0.25) is 5.91 Å². The first-order valence-electron chi connectivity index (χ1n) is 6.82. The number of thiophene rings is 1. The minimum absolute atomic E-state index is 0.0840. The summed E-state index contributed by atoms with van der Waals surface area (Å²) in [6.45, 7) is 2.58. The topological polar surface area (TPSA) is 29.5 Å². The van der Waals surface area contributed by atoms with Gasteiger partial charge < -0.3 is 9.64 Å². The highest BCUT2D eigenvalue weighted by Crippen LogP contribution is 2.34. The van der Waals surface area contributed by atoms with Crippen molar-refractivity contribution in [1.82, 2.24) is 0 Å². The lowest BCUT2D eigenvalue weighted by Gasteiger charge is -2.35. The predicted octanol–water partition coefficient (Wildman–Crippen LogP) is 3.49. The molecular weight excluding hydrogens is 270 g/mol. The van der Waals surface area contributed by atoms with Crippen LogP contribution in [0.2, 0.25) is 0 Å². The lowest BCUT2D eigenvalue weighted by atomic mass is 10.1. The maximum atomic E-state index is 12.5. The fourth-order valence-corrected chi connectivity index (χ4v) is 3.20. The van der Waals surface area contributed by atoms with Gasteiger partial charge in [0.1, 0.15) is 12.4 Å². The van der Waals surface area contributed by atoms with Gasteiger partial charge in [0.25, 0.3) is 0 Å². The largest absolute Gasteiger partial charge is 0.489 e. The summed E-state index contributed by atoms with van der Waals surface area (Å²) >= 11 is 1.70. The molecule has 3 nitrogen and oxygen atoms in total. The highest BCUT2D eigenvalue weighted by atomic mass is 32.1. The van der Waals surface area contributed by atoms with Crippen LogP contribution in [0.3, 0.4) is 0 Å². The fraction of sp³-hybridized carbons (Fsp3) is 0.312. The number of hydrogen-bond acceptors (Lipinski definition) is 3. The minimum atomic E-state index is 0.0840. The second kappa shape index (κ2) is 5.67. The summed E-state index contributed by atoms with van der Waals surface area (Å²) in [6, 6.07) is 11.9. The average molecular weight is 287 g/mol. The Labute approximate surface area is 122 Å². The number of carbonyl (C=O) groups is 1. The molecule has 104 valence electrons. The van der Waals surface area contributed by atoms with E-state index in [2.05, 4.69) is 6.07 Å². The van der Waals surface area contributed by atoms with Crippen LogP contribution >= 0.6 is 11.3 Å².